The maximum Gasteiger partial charge on any atom is 0.272 e. The summed E-state index contributed by atoms with van der Waals surface area (Å²) in [4.78, 5) is 17.5. The number of para-hydroxylation sites is 1. The average Bonchev–Trinajstić information content (AvgIpc) is 2.75. The Hall–Kier alpha value is -3.99. The van der Waals surface area contributed by atoms with Crippen LogP contribution in [0.2, 0.25) is 0 Å². The number of rotatable bonds is 4. The first kappa shape index (κ1) is 17.4. The number of phenols is 1. The lowest BCUT2D eigenvalue weighted by molar-refractivity contribution is 0.0956. The minimum atomic E-state index is -0.314. The third-order valence-corrected chi connectivity index (χ3v) is 4.30. The van der Waals surface area contributed by atoms with Gasteiger partial charge in [0, 0.05) is 10.9 Å². The van der Waals surface area contributed by atoms with Crippen LogP contribution in [0.1, 0.15) is 15.9 Å². The Morgan fingerprint density at radius 3 is 2.43 bits per heavy atom. The van der Waals surface area contributed by atoms with Crippen molar-refractivity contribution in [1.82, 2.24) is 10.4 Å². The molecule has 0 aliphatic heterocycles. The van der Waals surface area contributed by atoms with E-state index in [0.29, 0.717) is 5.56 Å². The molecule has 1 aromatic heterocycles. The first-order valence-electron chi connectivity index (χ1n) is 8.78. The number of aromatic nitrogens is 1. The molecule has 4 rings (SSSR count). The van der Waals surface area contributed by atoms with Gasteiger partial charge in [-0.05, 0) is 42.0 Å². The largest absolute Gasteiger partial charge is 0.508 e. The zero-order chi connectivity index (χ0) is 19.3. The van der Waals surface area contributed by atoms with E-state index in [0.717, 1.165) is 27.7 Å². The molecule has 5 heteroatoms. The number of nitrogens with one attached hydrogen (secondary N) is 1. The van der Waals surface area contributed by atoms with E-state index in [4.69, 9.17) is 0 Å². The van der Waals surface area contributed by atoms with Gasteiger partial charge < -0.3 is 5.11 Å². The molecule has 0 atom stereocenters. The molecule has 28 heavy (non-hydrogen) atoms. The third kappa shape index (κ3) is 3.73. The zero-order valence-electron chi connectivity index (χ0n) is 14.9. The number of phenolic OH excluding ortho intramolecular Hbond substituents is 1. The molecule has 0 spiro atoms. The lowest BCUT2D eigenvalue weighted by Gasteiger charge is -2.09. The number of carbonyl (C=O) groups excluding carboxylic acids is 1. The molecule has 0 unspecified atom stereocenters. The number of amides is 1. The molecule has 0 saturated carbocycles. The molecular weight excluding hydrogens is 350 g/mol. The lowest BCUT2D eigenvalue weighted by atomic mass is 10.0. The van der Waals surface area contributed by atoms with Gasteiger partial charge in [-0.25, -0.2) is 10.4 Å². The van der Waals surface area contributed by atoms with Gasteiger partial charge in [0.15, 0.2) is 0 Å². The molecule has 2 N–H and O–H groups in total. The van der Waals surface area contributed by atoms with Crippen LogP contribution in [0.25, 0.3) is 22.2 Å². The summed E-state index contributed by atoms with van der Waals surface area (Å²) < 4.78 is 0. The highest BCUT2D eigenvalue weighted by molar-refractivity contribution is 6.07. The Balaban J connectivity index is 1.66. The van der Waals surface area contributed by atoms with E-state index in [1.165, 1.54) is 6.21 Å². The maximum atomic E-state index is 12.8. The molecule has 3 aromatic carbocycles. The van der Waals surface area contributed by atoms with Crippen LogP contribution >= 0.6 is 0 Å². The van der Waals surface area contributed by atoms with Crippen LogP contribution in [-0.4, -0.2) is 22.2 Å². The molecule has 0 bridgehead atoms. The van der Waals surface area contributed by atoms with E-state index in [1.807, 2.05) is 54.6 Å². The van der Waals surface area contributed by atoms with Crippen molar-refractivity contribution in [3.8, 4) is 17.0 Å². The number of aromatic hydroxyl groups is 1. The van der Waals surface area contributed by atoms with E-state index in [2.05, 4.69) is 15.5 Å². The van der Waals surface area contributed by atoms with Crippen molar-refractivity contribution in [3.63, 3.8) is 0 Å². The number of hydrogen-bond donors (Lipinski definition) is 2. The van der Waals surface area contributed by atoms with E-state index >= 15 is 0 Å². The molecule has 4 aromatic rings. The monoisotopic (exact) mass is 367 g/mol. The van der Waals surface area contributed by atoms with Gasteiger partial charge >= 0.3 is 0 Å². The van der Waals surface area contributed by atoms with Crippen LogP contribution in [0.15, 0.2) is 90.0 Å². The number of fused-ring (bicyclic) bond motifs is 1. The summed E-state index contributed by atoms with van der Waals surface area (Å²) in [5, 5.41) is 14.1. The van der Waals surface area contributed by atoms with Gasteiger partial charge in [0.2, 0.25) is 0 Å². The minimum absolute atomic E-state index is 0.179. The van der Waals surface area contributed by atoms with Gasteiger partial charge in [0.05, 0.1) is 23.0 Å². The second kappa shape index (κ2) is 7.72. The Morgan fingerprint density at radius 2 is 1.64 bits per heavy atom. The van der Waals surface area contributed by atoms with Crippen molar-refractivity contribution in [3.05, 3.63) is 96.1 Å². The molecule has 0 radical (unpaired) electrons. The van der Waals surface area contributed by atoms with Crippen LogP contribution in [0.5, 0.6) is 5.75 Å². The highest BCUT2D eigenvalue weighted by Gasteiger charge is 2.13. The fourth-order valence-corrected chi connectivity index (χ4v) is 2.91. The summed E-state index contributed by atoms with van der Waals surface area (Å²) in [6, 6.07) is 25.6. The number of pyridine rings is 1. The lowest BCUT2D eigenvalue weighted by Crippen LogP contribution is -2.18. The summed E-state index contributed by atoms with van der Waals surface area (Å²) in [6.45, 7) is 0. The van der Waals surface area contributed by atoms with Crippen LogP contribution in [0.3, 0.4) is 0 Å². The summed E-state index contributed by atoms with van der Waals surface area (Å²) in [6.07, 6.45) is 1.53. The molecule has 1 heterocycles. The molecule has 0 aliphatic rings. The zero-order valence-corrected chi connectivity index (χ0v) is 14.9. The average molecular weight is 367 g/mol. The third-order valence-electron chi connectivity index (χ3n) is 4.30. The predicted octanol–water partition coefficient (Wildman–Crippen LogP) is 4.37. The Labute approximate surface area is 162 Å². The van der Waals surface area contributed by atoms with Gasteiger partial charge in [0.25, 0.3) is 5.91 Å². The van der Waals surface area contributed by atoms with Gasteiger partial charge in [-0.1, -0.05) is 48.5 Å². The normalized spacial score (nSPS) is 11.0. The first-order valence-corrected chi connectivity index (χ1v) is 8.78. The topological polar surface area (TPSA) is 74.6 Å². The van der Waals surface area contributed by atoms with Gasteiger partial charge in [-0.15, -0.1) is 0 Å². The maximum absolute atomic E-state index is 12.8. The quantitative estimate of drug-likeness (QED) is 0.415. The number of hydrogen-bond acceptors (Lipinski definition) is 4. The highest BCUT2D eigenvalue weighted by atomic mass is 16.3. The van der Waals surface area contributed by atoms with Gasteiger partial charge in [0.1, 0.15) is 5.75 Å². The van der Waals surface area contributed by atoms with Gasteiger partial charge in [-0.2, -0.15) is 5.10 Å². The smallest absolute Gasteiger partial charge is 0.272 e. The highest BCUT2D eigenvalue weighted by Crippen LogP contribution is 2.24. The Kier molecular flexibility index (Phi) is 4.80. The Bertz CT molecular complexity index is 1150. The van der Waals surface area contributed by atoms with Crippen molar-refractivity contribution >= 4 is 23.0 Å². The SMILES string of the molecule is O=C(N/N=C/c1ccc(O)cc1)c1cc(-c2ccccc2)nc2ccccc12. The van der Waals surface area contributed by atoms with E-state index in [9.17, 15) is 9.90 Å². The van der Waals surface area contributed by atoms with Gasteiger partial charge in [-0.3, -0.25) is 4.79 Å². The van der Waals surface area contributed by atoms with Crippen molar-refractivity contribution in [2.45, 2.75) is 0 Å². The fourth-order valence-electron chi connectivity index (χ4n) is 2.91. The second-order valence-corrected chi connectivity index (χ2v) is 6.23. The second-order valence-electron chi connectivity index (χ2n) is 6.23. The molecule has 5 nitrogen and oxygen atoms in total. The van der Waals surface area contributed by atoms with E-state index in [-0.39, 0.29) is 11.7 Å². The number of hydrazone groups is 1. The van der Waals surface area contributed by atoms with Crippen molar-refractivity contribution in [2.24, 2.45) is 5.10 Å². The molecule has 0 aliphatic carbocycles. The van der Waals surface area contributed by atoms with E-state index in [1.54, 1.807) is 30.3 Å². The summed E-state index contributed by atoms with van der Waals surface area (Å²) in [5.41, 5.74) is 6.26. The minimum Gasteiger partial charge on any atom is -0.508 e. The molecular formula is C23H17N3O2. The standard InChI is InChI=1S/C23H17N3O2/c27-18-12-10-16(11-13-18)15-24-26-23(28)20-14-22(17-6-2-1-3-7-17)25-21-9-5-4-8-19(20)21/h1-15,27H,(H,26,28)/b24-15+. The summed E-state index contributed by atoms with van der Waals surface area (Å²) >= 11 is 0. The molecule has 0 fully saturated rings. The molecule has 0 saturated heterocycles. The molecule has 1 amide bonds. The van der Waals surface area contributed by atoms with Crippen LogP contribution in [0, 0.1) is 0 Å². The van der Waals surface area contributed by atoms with E-state index < -0.39 is 0 Å². The Morgan fingerprint density at radius 1 is 0.929 bits per heavy atom. The van der Waals surface area contributed by atoms with Crippen LogP contribution in [0.4, 0.5) is 0 Å². The first-order chi connectivity index (χ1) is 13.7. The van der Waals surface area contributed by atoms with Crippen molar-refractivity contribution in [2.75, 3.05) is 0 Å². The summed E-state index contributed by atoms with van der Waals surface area (Å²) in [7, 11) is 0. The van der Waals surface area contributed by atoms with Crippen molar-refractivity contribution in [1.29, 1.82) is 0 Å². The van der Waals surface area contributed by atoms with Crippen LogP contribution in [-0.2, 0) is 0 Å². The summed E-state index contributed by atoms with van der Waals surface area (Å²) in [5.74, 6) is -0.135. The number of nitrogens with zero attached hydrogens (tertiary/aromatic N) is 2. The fraction of sp³-hybridized carbons (Fsp3) is 0. The number of carbonyl (C=O) groups is 1. The molecule has 136 valence electrons. The predicted molar refractivity (Wildman–Crippen MR) is 110 cm³/mol. The van der Waals surface area contributed by atoms with Crippen molar-refractivity contribution < 1.29 is 9.90 Å². The number of benzene rings is 3. The van der Waals surface area contributed by atoms with Crippen LogP contribution < -0.4 is 5.43 Å².